The van der Waals surface area contributed by atoms with E-state index in [1.807, 2.05) is 31.2 Å². The molecule has 0 saturated carbocycles. The first-order valence-electron chi connectivity index (χ1n) is 8.26. The number of halogens is 1. The largest absolute Gasteiger partial charge is 0.461 e. The lowest BCUT2D eigenvalue weighted by Crippen LogP contribution is -2.12. The molecule has 0 atom stereocenters. The fourth-order valence-corrected chi connectivity index (χ4v) is 3.08. The first kappa shape index (κ1) is 17.4. The highest BCUT2D eigenvalue weighted by Gasteiger charge is 2.21. The van der Waals surface area contributed by atoms with Crippen LogP contribution in [0.1, 0.15) is 48.6 Å². The third-order valence-corrected chi connectivity index (χ3v) is 4.34. The van der Waals surface area contributed by atoms with Gasteiger partial charge in [0.05, 0.1) is 17.9 Å². The van der Waals surface area contributed by atoms with Crippen LogP contribution in [0.3, 0.4) is 0 Å². The second-order valence-electron chi connectivity index (χ2n) is 6.12. The maximum atomic E-state index is 12.2. The Morgan fingerprint density at radius 1 is 1.32 bits per heavy atom. The van der Waals surface area contributed by atoms with Crippen molar-refractivity contribution in [3.05, 3.63) is 52.4 Å². The molecule has 5 nitrogen and oxygen atoms in total. The second-order valence-corrected chi connectivity index (χ2v) is 6.52. The Balaban J connectivity index is 2.34. The van der Waals surface area contributed by atoms with Gasteiger partial charge in [-0.2, -0.15) is 5.10 Å². The van der Waals surface area contributed by atoms with E-state index >= 15 is 0 Å². The topological polar surface area (TPSA) is 56.5 Å². The molecule has 2 heterocycles. The third-order valence-electron chi connectivity index (χ3n) is 4.01. The Morgan fingerprint density at radius 3 is 2.68 bits per heavy atom. The van der Waals surface area contributed by atoms with Gasteiger partial charge in [0.1, 0.15) is 0 Å². The summed E-state index contributed by atoms with van der Waals surface area (Å²) in [5.74, 6) is -0.270. The molecule has 130 valence electrons. The number of esters is 1. The molecule has 1 aromatic carbocycles. The van der Waals surface area contributed by atoms with Gasteiger partial charge in [0, 0.05) is 16.3 Å². The fourth-order valence-electron chi connectivity index (χ4n) is 2.85. The van der Waals surface area contributed by atoms with Crippen molar-refractivity contribution in [2.24, 2.45) is 0 Å². The molecule has 6 heteroatoms. The van der Waals surface area contributed by atoms with Crippen molar-refractivity contribution in [3.8, 4) is 11.1 Å². The molecule has 0 radical (unpaired) electrons. The zero-order valence-corrected chi connectivity index (χ0v) is 15.5. The Morgan fingerprint density at radius 2 is 2.04 bits per heavy atom. The SMILES string of the molecule is CCOC(=O)c1cc(C(C)C)n2nc(C)c(-c3ccccc3Cl)c2n1. The monoisotopic (exact) mass is 357 g/mol. The number of aromatic nitrogens is 3. The third kappa shape index (κ3) is 3.12. The summed E-state index contributed by atoms with van der Waals surface area (Å²) in [5, 5.41) is 5.26. The van der Waals surface area contributed by atoms with Crippen molar-refractivity contribution in [1.29, 1.82) is 0 Å². The maximum absolute atomic E-state index is 12.2. The number of hydrogen-bond acceptors (Lipinski definition) is 4. The van der Waals surface area contributed by atoms with Crippen LogP contribution in [0.15, 0.2) is 30.3 Å². The Hall–Kier alpha value is -2.40. The molecule has 2 aromatic heterocycles. The van der Waals surface area contributed by atoms with E-state index in [0.29, 0.717) is 17.3 Å². The van der Waals surface area contributed by atoms with Gasteiger partial charge in [-0.25, -0.2) is 14.3 Å². The van der Waals surface area contributed by atoms with Crippen LogP contribution in [0.2, 0.25) is 5.02 Å². The van der Waals surface area contributed by atoms with Gasteiger partial charge in [-0.1, -0.05) is 43.6 Å². The summed E-state index contributed by atoms with van der Waals surface area (Å²) in [6, 6.07) is 9.31. The van der Waals surface area contributed by atoms with E-state index in [4.69, 9.17) is 16.3 Å². The molecule has 0 aliphatic heterocycles. The van der Waals surface area contributed by atoms with Crippen LogP contribution >= 0.6 is 11.6 Å². The van der Waals surface area contributed by atoms with Crippen molar-refractivity contribution in [3.63, 3.8) is 0 Å². The number of carbonyl (C=O) groups excluding carboxylic acids is 1. The highest BCUT2D eigenvalue weighted by Crippen LogP contribution is 2.34. The van der Waals surface area contributed by atoms with Crippen LogP contribution in [0.25, 0.3) is 16.8 Å². The number of benzene rings is 1. The van der Waals surface area contributed by atoms with Crippen LogP contribution < -0.4 is 0 Å². The van der Waals surface area contributed by atoms with Crippen molar-refractivity contribution < 1.29 is 9.53 Å². The van der Waals surface area contributed by atoms with Crippen LogP contribution in [0.5, 0.6) is 0 Å². The number of fused-ring (bicyclic) bond motifs is 1. The van der Waals surface area contributed by atoms with Gasteiger partial charge in [0.15, 0.2) is 11.3 Å². The lowest BCUT2D eigenvalue weighted by molar-refractivity contribution is 0.0519. The molecule has 0 unspecified atom stereocenters. The van der Waals surface area contributed by atoms with E-state index in [0.717, 1.165) is 22.5 Å². The smallest absolute Gasteiger partial charge is 0.357 e. The van der Waals surface area contributed by atoms with Crippen LogP contribution in [0.4, 0.5) is 0 Å². The molecule has 0 aliphatic carbocycles. The van der Waals surface area contributed by atoms with Crippen molar-refractivity contribution >= 4 is 23.2 Å². The van der Waals surface area contributed by atoms with Gasteiger partial charge in [0.2, 0.25) is 0 Å². The molecule has 0 fully saturated rings. The van der Waals surface area contributed by atoms with Crippen molar-refractivity contribution in [2.75, 3.05) is 6.61 Å². The summed E-state index contributed by atoms with van der Waals surface area (Å²) in [6.07, 6.45) is 0. The van der Waals surface area contributed by atoms with Crippen LogP contribution in [-0.2, 0) is 4.74 Å². The molecular weight excluding hydrogens is 338 g/mol. The number of rotatable bonds is 4. The molecule has 0 N–H and O–H groups in total. The number of ether oxygens (including phenoxy) is 1. The van der Waals surface area contributed by atoms with E-state index in [9.17, 15) is 4.79 Å². The molecule has 0 aliphatic rings. The number of nitrogens with zero attached hydrogens (tertiary/aromatic N) is 3. The van der Waals surface area contributed by atoms with Crippen molar-refractivity contribution in [2.45, 2.75) is 33.6 Å². The minimum Gasteiger partial charge on any atom is -0.461 e. The molecule has 0 bridgehead atoms. The summed E-state index contributed by atoms with van der Waals surface area (Å²) < 4.78 is 6.92. The highest BCUT2D eigenvalue weighted by atomic mass is 35.5. The van der Waals surface area contributed by atoms with E-state index in [1.165, 1.54) is 0 Å². The van der Waals surface area contributed by atoms with Gasteiger partial charge in [-0.05, 0) is 31.9 Å². The lowest BCUT2D eigenvalue weighted by Gasteiger charge is -2.11. The standard InChI is InChI=1S/C19H20ClN3O2/c1-5-25-19(24)15-10-16(11(2)3)23-18(21-15)17(12(4)22-23)13-8-6-7-9-14(13)20/h6-11H,5H2,1-4H3. The Labute approximate surface area is 151 Å². The molecule has 3 rings (SSSR count). The Kier molecular flexibility index (Phi) is 4.77. The van der Waals surface area contributed by atoms with Gasteiger partial charge >= 0.3 is 5.97 Å². The number of carbonyl (C=O) groups is 1. The number of hydrogen-bond donors (Lipinski definition) is 0. The predicted molar refractivity (Wildman–Crippen MR) is 98.2 cm³/mol. The maximum Gasteiger partial charge on any atom is 0.357 e. The highest BCUT2D eigenvalue weighted by molar-refractivity contribution is 6.33. The minimum atomic E-state index is -0.434. The summed E-state index contributed by atoms with van der Waals surface area (Å²) in [5.41, 5.74) is 4.28. The van der Waals surface area contributed by atoms with E-state index < -0.39 is 5.97 Å². The average molecular weight is 358 g/mol. The first-order valence-corrected chi connectivity index (χ1v) is 8.64. The quantitative estimate of drug-likeness (QED) is 0.637. The molecule has 3 aromatic rings. The van der Waals surface area contributed by atoms with Crippen LogP contribution in [0, 0.1) is 6.92 Å². The molecular formula is C19H20ClN3O2. The fraction of sp³-hybridized carbons (Fsp3) is 0.316. The van der Waals surface area contributed by atoms with Crippen LogP contribution in [-0.4, -0.2) is 27.2 Å². The van der Waals surface area contributed by atoms with E-state index in [1.54, 1.807) is 17.5 Å². The van der Waals surface area contributed by atoms with Gasteiger partial charge < -0.3 is 4.74 Å². The molecule has 25 heavy (non-hydrogen) atoms. The van der Waals surface area contributed by atoms with Crippen molar-refractivity contribution in [1.82, 2.24) is 14.6 Å². The minimum absolute atomic E-state index is 0.164. The summed E-state index contributed by atoms with van der Waals surface area (Å²) in [7, 11) is 0. The average Bonchev–Trinajstić information content (AvgIpc) is 2.90. The Bertz CT molecular complexity index is 947. The predicted octanol–water partition coefficient (Wildman–Crippen LogP) is 4.66. The zero-order valence-electron chi connectivity index (χ0n) is 14.7. The van der Waals surface area contributed by atoms with E-state index in [-0.39, 0.29) is 11.6 Å². The van der Waals surface area contributed by atoms with Gasteiger partial charge in [0.25, 0.3) is 0 Å². The first-order chi connectivity index (χ1) is 11.9. The summed E-state index contributed by atoms with van der Waals surface area (Å²) in [4.78, 5) is 16.8. The van der Waals surface area contributed by atoms with Gasteiger partial charge in [-0.3, -0.25) is 0 Å². The molecule has 0 saturated heterocycles. The van der Waals surface area contributed by atoms with Gasteiger partial charge in [-0.15, -0.1) is 0 Å². The summed E-state index contributed by atoms with van der Waals surface area (Å²) in [6.45, 7) is 8.10. The molecule has 0 spiro atoms. The molecule has 0 amide bonds. The number of aryl methyl sites for hydroxylation is 1. The lowest BCUT2D eigenvalue weighted by atomic mass is 10.1. The zero-order chi connectivity index (χ0) is 18.1. The normalized spacial score (nSPS) is 11.3. The summed E-state index contributed by atoms with van der Waals surface area (Å²) >= 11 is 6.39. The van der Waals surface area contributed by atoms with E-state index in [2.05, 4.69) is 23.9 Å². The second kappa shape index (κ2) is 6.84.